The molecular weight excluding hydrogens is 1080 g/mol. The number of hydrogen-bond acceptors (Lipinski definition) is 24. The highest BCUT2D eigenvalue weighted by molar-refractivity contribution is 5.87. The lowest BCUT2D eigenvalue weighted by Gasteiger charge is -2.72. The van der Waals surface area contributed by atoms with E-state index in [1.807, 2.05) is 0 Å². The molecule has 4 heterocycles. The van der Waals surface area contributed by atoms with Crippen molar-refractivity contribution in [1.82, 2.24) is 0 Å². The van der Waals surface area contributed by atoms with Crippen LogP contribution in [0.25, 0.3) is 0 Å². The van der Waals surface area contributed by atoms with Crippen LogP contribution in [-0.4, -0.2) is 240 Å². The summed E-state index contributed by atoms with van der Waals surface area (Å²) in [5, 5.41) is 143. The Labute approximate surface area is 476 Å². The third-order valence-corrected chi connectivity index (χ3v) is 21.7. The Morgan fingerprint density at radius 1 is 0.671 bits per heavy atom. The molecule has 82 heavy (non-hydrogen) atoms. The van der Waals surface area contributed by atoms with Gasteiger partial charge in [0.25, 0.3) is 0 Å². The molecule has 0 amide bonds. The van der Waals surface area contributed by atoms with Gasteiger partial charge in [0.15, 0.2) is 31.3 Å². The highest BCUT2D eigenvalue weighted by Crippen LogP contribution is 2.76. The summed E-state index contributed by atoms with van der Waals surface area (Å²) in [7, 11) is 0. The van der Waals surface area contributed by atoms with Crippen LogP contribution in [0.3, 0.4) is 0 Å². The maximum absolute atomic E-state index is 14.1. The fourth-order valence-corrected chi connectivity index (χ4v) is 16.6. The van der Waals surface area contributed by atoms with Gasteiger partial charge < -0.3 is 114 Å². The van der Waals surface area contributed by atoms with Crippen LogP contribution in [0.5, 0.6) is 0 Å². The monoisotopic (exact) mass is 1170 g/mol. The first-order chi connectivity index (χ1) is 38.4. The van der Waals surface area contributed by atoms with Crippen molar-refractivity contribution in [3.05, 3.63) is 23.3 Å². The van der Waals surface area contributed by atoms with Gasteiger partial charge in [-0.2, -0.15) is 0 Å². The van der Waals surface area contributed by atoms with E-state index in [-0.39, 0.29) is 30.1 Å². The lowest BCUT2D eigenvalue weighted by Crippen LogP contribution is -2.70. The highest BCUT2D eigenvalue weighted by atomic mass is 16.8. The molecule has 0 aromatic rings. The molecule has 9 aliphatic rings. The number of allylic oxidation sites excluding steroid dienone is 3. The number of ether oxygens (including phenoxy) is 9. The fraction of sp³-hybridized carbons (Fsp3) is 0.877. The van der Waals surface area contributed by atoms with Gasteiger partial charge in [0.1, 0.15) is 91.7 Å². The van der Waals surface area contributed by atoms with Crippen LogP contribution in [0.15, 0.2) is 23.3 Å². The summed E-state index contributed by atoms with van der Waals surface area (Å²) >= 11 is 0. The minimum atomic E-state index is -2.21. The normalized spacial score (nSPS) is 52.2. The third kappa shape index (κ3) is 10.4. The van der Waals surface area contributed by atoms with Gasteiger partial charge in [-0.1, -0.05) is 59.3 Å². The Morgan fingerprint density at radius 3 is 1.93 bits per heavy atom. The number of carboxylic acids is 1. The number of hydrogen-bond donors (Lipinski definition) is 13. The zero-order valence-electron chi connectivity index (χ0n) is 47.8. The maximum Gasteiger partial charge on any atom is 0.335 e. The van der Waals surface area contributed by atoms with Gasteiger partial charge >= 0.3 is 11.9 Å². The Bertz CT molecular complexity index is 2390. The number of aliphatic hydroxyl groups excluding tert-OH is 12. The number of carboxylic acid groups (broad SMARTS) is 1. The summed E-state index contributed by atoms with van der Waals surface area (Å²) in [5.41, 5.74) is -2.97. The van der Waals surface area contributed by atoms with Crippen molar-refractivity contribution in [2.75, 3.05) is 26.4 Å². The van der Waals surface area contributed by atoms with Crippen LogP contribution < -0.4 is 0 Å². The molecule has 9 rings (SSSR count). The van der Waals surface area contributed by atoms with Crippen molar-refractivity contribution >= 4 is 18.2 Å². The number of fused-ring (bicyclic) bond motifs is 7. The number of rotatable bonds is 14. The topological polar surface area (TPSA) is 397 Å². The molecule has 0 aromatic heterocycles. The molecule has 4 saturated heterocycles. The van der Waals surface area contributed by atoms with Gasteiger partial charge in [0.05, 0.1) is 49.5 Å². The fourth-order valence-electron chi connectivity index (χ4n) is 16.6. The Kier molecular flexibility index (Phi) is 18.2. The van der Waals surface area contributed by atoms with E-state index in [1.165, 1.54) is 0 Å². The summed E-state index contributed by atoms with van der Waals surface area (Å²) in [5.74, 6) is -3.04. The van der Waals surface area contributed by atoms with Crippen molar-refractivity contribution in [2.24, 2.45) is 50.2 Å². The number of carbonyl (C=O) groups is 3. The first-order valence-electron chi connectivity index (χ1n) is 28.8. The molecule has 13 N–H and O–H groups in total. The molecule has 0 unspecified atom stereocenters. The molecule has 25 heteroatoms. The minimum Gasteiger partial charge on any atom is -0.479 e. The molecular formula is C57H88O25. The smallest absolute Gasteiger partial charge is 0.335 e. The van der Waals surface area contributed by atoms with Gasteiger partial charge in [-0.3, -0.25) is 0 Å². The van der Waals surface area contributed by atoms with Crippen molar-refractivity contribution in [3.63, 3.8) is 0 Å². The SMILES string of the molecule is C/C=C(/C)C(=O)O[C@H]1CC(C)(C)C[C@H]2C3=CC[C@@H]4[C@@]5(C)CC[C@H](O[C@@H]6O[C@H](C(=O)O)[C@@H](O[C@@H]7OC[C@@H](O)[C@H](O)[C@H]7O[C@@H]7OC[C@@H](O)[C@H](O)[C@H]7O)[C@H](O)[C@H]6O[C@@H]6O[C@H](CO)[C@H](O)[C@H](O)[C@H]6O)[C@@](C)(C=O)[C@@H]5CC[C@@]4(C)[C@]3(C)C[C@@H](O)[C@@]12CO. The summed E-state index contributed by atoms with van der Waals surface area (Å²) in [6.07, 6.45) is -28.6. The number of carbonyl (C=O) groups excluding carboxylic acids is 2. The van der Waals surface area contributed by atoms with Gasteiger partial charge in [0.2, 0.25) is 0 Å². The number of aliphatic carboxylic acids is 1. The molecule has 4 aliphatic heterocycles. The molecule has 0 radical (unpaired) electrons. The number of aliphatic hydroxyl groups is 12. The van der Waals surface area contributed by atoms with Crippen molar-refractivity contribution in [3.8, 4) is 0 Å². The van der Waals surface area contributed by atoms with Crippen LogP contribution >= 0.6 is 0 Å². The summed E-state index contributed by atoms with van der Waals surface area (Å²) in [4.78, 5) is 40.8. The van der Waals surface area contributed by atoms with E-state index in [9.17, 15) is 80.8 Å². The van der Waals surface area contributed by atoms with Crippen molar-refractivity contribution < 1.29 is 123 Å². The zero-order valence-corrected chi connectivity index (χ0v) is 47.8. The van der Waals surface area contributed by atoms with Crippen LogP contribution in [0, 0.1) is 50.2 Å². The largest absolute Gasteiger partial charge is 0.479 e. The van der Waals surface area contributed by atoms with Gasteiger partial charge in [-0.15, -0.1) is 0 Å². The highest BCUT2D eigenvalue weighted by Gasteiger charge is 2.73. The molecule has 5 aliphatic carbocycles. The van der Waals surface area contributed by atoms with E-state index < -0.39 is 200 Å². The Morgan fingerprint density at radius 2 is 1.29 bits per heavy atom. The first kappa shape index (κ1) is 63.8. The van der Waals surface area contributed by atoms with Crippen LogP contribution in [0.1, 0.15) is 107 Å². The first-order valence-corrected chi connectivity index (χ1v) is 28.8. The van der Waals surface area contributed by atoms with Crippen LogP contribution in [0.4, 0.5) is 0 Å². The number of esters is 1. The predicted octanol–water partition coefficient (Wildman–Crippen LogP) is -1.55. The van der Waals surface area contributed by atoms with Gasteiger partial charge in [-0.25, -0.2) is 9.59 Å². The average molecular weight is 1170 g/mol. The molecule has 4 saturated carbocycles. The van der Waals surface area contributed by atoms with E-state index in [0.29, 0.717) is 44.1 Å². The van der Waals surface area contributed by atoms with E-state index in [0.717, 1.165) is 11.9 Å². The van der Waals surface area contributed by atoms with Gasteiger partial charge in [-0.05, 0) is 105 Å². The van der Waals surface area contributed by atoms with E-state index in [2.05, 4.69) is 40.7 Å². The quantitative estimate of drug-likeness (QED) is 0.0308. The van der Waals surface area contributed by atoms with Crippen molar-refractivity contribution in [1.29, 1.82) is 0 Å². The summed E-state index contributed by atoms with van der Waals surface area (Å²) in [6, 6.07) is 0. The molecule has 0 bridgehead atoms. The molecule has 0 spiro atoms. The third-order valence-electron chi connectivity index (χ3n) is 21.7. The number of aldehydes is 1. The van der Waals surface area contributed by atoms with E-state index >= 15 is 0 Å². The molecule has 29 atom stereocenters. The average Bonchev–Trinajstić information content (AvgIpc) is 0.730. The lowest BCUT2D eigenvalue weighted by molar-refractivity contribution is -0.393. The molecule has 0 aromatic carbocycles. The minimum absolute atomic E-state index is 0.0764. The molecule has 466 valence electrons. The summed E-state index contributed by atoms with van der Waals surface area (Å²) in [6.45, 7) is 13.6. The zero-order chi connectivity index (χ0) is 60.1. The van der Waals surface area contributed by atoms with Crippen LogP contribution in [0.2, 0.25) is 0 Å². The Balaban J connectivity index is 1.02. The standard InChI is InChI=1S/C57H88O25/c1-9-24(2)47(73)77-34-18-52(3,4)16-26-25-10-11-31-53(5)14-13-33(54(6,22-59)30(53)12-15-55(31,7)56(25,8)17-32(63)57(26,34)23-60)78-51-44(81-49-40(69)38(67)37(66)29(19-58)76-49)41(70)42(45(82-51)46(71)72)79-50-43(36(65)28(62)21-75-50)80-48-39(68)35(64)27(61)20-74-48/h9-10,22,26-45,48-51,58,60-70H,11-21,23H2,1-8H3,(H,71,72)/b24-9-/t26-,27+,28+,29+,30+,31+,32+,33-,34-,35-,36-,37-,38-,39+,40+,41-,42-,43+,44+,45-,48-,49-,50-,51+,53-,54-,55+,56+,57-/m0/s1. The molecule has 8 fully saturated rings. The summed E-state index contributed by atoms with van der Waals surface area (Å²) < 4.78 is 53.9. The second-order valence-corrected chi connectivity index (χ2v) is 26.7. The second kappa shape index (κ2) is 23.4. The van der Waals surface area contributed by atoms with Crippen LogP contribution in [-0.2, 0) is 57.0 Å². The Hall–Kier alpha value is -2.71. The maximum atomic E-state index is 14.1. The van der Waals surface area contributed by atoms with E-state index in [4.69, 9.17) is 42.6 Å². The lowest BCUT2D eigenvalue weighted by atomic mass is 9.33. The molecule has 25 nitrogen and oxygen atoms in total. The van der Waals surface area contributed by atoms with Gasteiger partial charge in [0, 0.05) is 5.57 Å². The van der Waals surface area contributed by atoms with E-state index in [1.54, 1.807) is 26.8 Å². The second-order valence-electron chi connectivity index (χ2n) is 26.7. The predicted molar refractivity (Wildman–Crippen MR) is 278 cm³/mol. The van der Waals surface area contributed by atoms with Crippen molar-refractivity contribution in [2.45, 2.75) is 236 Å².